The van der Waals surface area contributed by atoms with Crippen molar-refractivity contribution in [2.45, 2.75) is 19.3 Å². The molecule has 0 radical (unpaired) electrons. The molecule has 4 heterocycles. The van der Waals surface area contributed by atoms with Crippen LogP contribution < -0.4 is 10.1 Å². The van der Waals surface area contributed by atoms with Crippen LogP contribution in [0.15, 0.2) is 30.6 Å². The summed E-state index contributed by atoms with van der Waals surface area (Å²) < 4.78 is 18.6. The average molecular weight is 410 g/mol. The molecule has 1 aliphatic heterocycles. The highest BCUT2D eigenvalue weighted by Crippen LogP contribution is 2.34. The lowest BCUT2D eigenvalue weighted by molar-refractivity contribution is -0.114. The number of carbonyl (C=O) groups is 1. The van der Waals surface area contributed by atoms with E-state index in [1.165, 1.54) is 6.92 Å². The van der Waals surface area contributed by atoms with E-state index in [1.54, 1.807) is 13.3 Å². The van der Waals surface area contributed by atoms with Gasteiger partial charge in [-0.2, -0.15) is 0 Å². The van der Waals surface area contributed by atoms with Crippen LogP contribution >= 0.6 is 0 Å². The smallest absolute Gasteiger partial charge is 0.222 e. The fourth-order valence-corrected chi connectivity index (χ4v) is 3.70. The summed E-state index contributed by atoms with van der Waals surface area (Å²) in [7, 11) is 3.62. The molecule has 0 bridgehead atoms. The Morgan fingerprint density at radius 3 is 2.93 bits per heavy atom. The first-order valence-corrected chi connectivity index (χ1v) is 9.99. The van der Waals surface area contributed by atoms with Gasteiger partial charge >= 0.3 is 0 Å². The van der Waals surface area contributed by atoms with Crippen molar-refractivity contribution >= 4 is 22.6 Å². The molecule has 8 nitrogen and oxygen atoms in total. The summed E-state index contributed by atoms with van der Waals surface area (Å²) >= 11 is 0. The predicted octanol–water partition coefficient (Wildman–Crippen LogP) is 3.12. The van der Waals surface area contributed by atoms with Crippen molar-refractivity contribution in [3.05, 3.63) is 36.3 Å². The lowest BCUT2D eigenvalue weighted by atomic mass is 10.0. The molecule has 1 N–H and O–H groups in total. The van der Waals surface area contributed by atoms with Crippen molar-refractivity contribution in [1.82, 2.24) is 14.5 Å². The number of rotatable bonds is 7. The van der Waals surface area contributed by atoms with E-state index in [-0.39, 0.29) is 11.8 Å². The quantitative estimate of drug-likeness (QED) is 0.602. The van der Waals surface area contributed by atoms with Gasteiger partial charge in [-0.3, -0.25) is 9.78 Å². The van der Waals surface area contributed by atoms with Crippen LogP contribution in [0.3, 0.4) is 0 Å². The average Bonchev–Trinajstić information content (AvgIpc) is 3.36. The minimum absolute atomic E-state index is 0.158. The standard InChI is InChI=1S/C22H26N4O4/c1-14(27)24-22-10-17-18(12-26(2)21(17)11-23-22)20-9-16(30-7-6-28-3)8-19(25-20)15-4-5-29-13-15/h8-12,15H,4-7,13H2,1-3H3,(H,23,24,27). The van der Waals surface area contributed by atoms with Crippen LogP contribution in [0.5, 0.6) is 5.75 Å². The van der Waals surface area contributed by atoms with Crippen LogP contribution in [0.25, 0.3) is 22.2 Å². The second-order valence-corrected chi connectivity index (χ2v) is 7.44. The molecule has 0 aliphatic carbocycles. The fourth-order valence-electron chi connectivity index (χ4n) is 3.70. The number of aromatic nitrogens is 3. The summed E-state index contributed by atoms with van der Waals surface area (Å²) in [6.45, 7) is 3.86. The molecule has 8 heteroatoms. The van der Waals surface area contributed by atoms with Crippen molar-refractivity contribution in [2.75, 3.05) is 38.9 Å². The molecule has 158 valence electrons. The van der Waals surface area contributed by atoms with Crippen molar-refractivity contribution in [1.29, 1.82) is 0 Å². The van der Waals surface area contributed by atoms with E-state index >= 15 is 0 Å². The maximum absolute atomic E-state index is 11.5. The Morgan fingerprint density at radius 1 is 1.33 bits per heavy atom. The van der Waals surface area contributed by atoms with Gasteiger partial charge in [-0.1, -0.05) is 0 Å². The van der Waals surface area contributed by atoms with Gasteiger partial charge in [0.25, 0.3) is 0 Å². The molecule has 4 rings (SSSR count). The Labute approximate surface area is 175 Å². The van der Waals surface area contributed by atoms with E-state index in [1.807, 2.05) is 36.0 Å². The van der Waals surface area contributed by atoms with Gasteiger partial charge < -0.3 is 24.1 Å². The van der Waals surface area contributed by atoms with Crippen LogP contribution in [0.2, 0.25) is 0 Å². The third-order valence-electron chi connectivity index (χ3n) is 5.18. The second kappa shape index (κ2) is 8.81. The molecule has 1 saturated heterocycles. The highest BCUT2D eigenvalue weighted by Gasteiger charge is 2.22. The van der Waals surface area contributed by atoms with Gasteiger partial charge in [0.2, 0.25) is 5.91 Å². The molecule has 1 unspecified atom stereocenters. The third-order valence-corrected chi connectivity index (χ3v) is 5.18. The number of nitrogens with one attached hydrogen (secondary N) is 1. The van der Waals surface area contributed by atoms with Crippen molar-refractivity contribution in [3.63, 3.8) is 0 Å². The van der Waals surface area contributed by atoms with Crippen LogP contribution in [0, 0.1) is 0 Å². The number of ether oxygens (including phenoxy) is 3. The number of anilines is 1. The molecule has 30 heavy (non-hydrogen) atoms. The first-order chi connectivity index (χ1) is 14.5. The van der Waals surface area contributed by atoms with Crippen LogP contribution in [-0.4, -0.2) is 54.0 Å². The molecule has 1 amide bonds. The van der Waals surface area contributed by atoms with Crippen molar-refractivity contribution in [3.8, 4) is 17.0 Å². The summed E-state index contributed by atoms with van der Waals surface area (Å²) in [6.07, 6.45) is 4.73. The topological polar surface area (TPSA) is 87.5 Å². The molecule has 3 aromatic rings. The maximum Gasteiger partial charge on any atom is 0.222 e. The van der Waals surface area contributed by atoms with E-state index in [2.05, 4.69) is 10.3 Å². The number of carbonyl (C=O) groups excluding carboxylic acids is 1. The molecule has 1 aliphatic rings. The monoisotopic (exact) mass is 410 g/mol. The molecule has 1 atom stereocenters. The zero-order valence-electron chi connectivity index (χ0n) is 17.5. The minimum atomic E-state index is -0.158. The minimum Gasteiger partial charge on any atom is -0.491 e. The number of nitrogens with zero attached hydrogens (tertiary/aromatic N) is 3. The van der Waals surface area contributed by atoms with Gasteiger partial charge in [-0.25, -0.2) is 4.98 Å². The van der Waals surface area contributed by atoms with E-state index < -0.39 is 0 Å². The number of pyridine rings is 2. The molecule has 0 aromatic carbocycles. The number of fused-ring (bicyclic) bond motifs is 1. The molecule has 1 fully saturated rings. The molecule has 0 spiro atoms. The molecule has 0 saturated carbocycles. The Balaban J connectivity index is 1.79. The largest absolute Gasteiger partial charge is 0.491 e. The van der Waals surface area contributed by atoms with E-state index in [4.69, 9.17) is 19.2 Å². The predicted molar refractivity (Wildman–Crippen MR) is 114 cm³/mol. The number of hydrogen-bond acceptors (Lipinski definition) is 6. The lowest BCUT2D eigenvalue weighted by Gasteiger charge is -2.13. The molecule has 3 aromatic heterocycles. The summed E-state index contributed by atoms with van der Waals surface area (Å²) in [5, 5.41) is 3.72. The summed E-state index contributed by atoms with van der Waals surface area (Å²) in [4.78, 5) is 20.8. The van der Waals surface area contributed by atoms with Gasteiger partial charge in [-0.05, 0) is 12.5 Å². The van der Waals surface area contributed by atoms with Crippen LogP contribution in [0.1, 0.15) is 25.0 Å². The third kappa shape index (κ3) is 4.29. The van der Waals surface area contributed by atoms with Gasteiger partial charge in [0, 0.05) is 62.9 Å². The maximum atomic E-state index is 11.5. The fraction of sp³-hybridized carbons (Fsp3) is 0.409. The highest BCUT2D eigenvalue weighted by molar-refractivity contribution is 5.98. The summed E-state index contributed by atoms with van der Waals surface area (Å²) in [6, 6.07) is 5.82. The zero-order valence-corrected chi connectivity index (χ0v) is 17.5. The lowest BCUT2D eigenvalue weighted by Crippen LogP contribution is -2.07. The highest BCUT2D eigenvalue weighted by atomic mass is 16.5. The second-order valence-electron chi connectivity index (χ2n) is 7.44. The van der Waals surface area contributed by atoms with Crippen LogP contribution in [0.4, 0.5) is 5.82 Å². The first kappa shape index (κ1) is 20.3. The van der Waals surface area contributed by atoms with Gasteiger partial charge in [0.15, 0.2) is 0 Å². The van der Waals surface area contributed by atoms with Gasteiger partial charge in [0.1, 0.15) is 18.2 Å². The summed E-state index contributed by atoms with van der Waals surface area (Å²) in [5.74, 6) is 1.36. The van der Waals surface area contributed by atoms with Gasteiger partial charge in [-0.15, -0.1) is 0 Å². The van der Waals surface area contributed by atoms with Crippen molar-refractivity contribution in [2.24, 2.45) is 7.05 Å². The molecular weight excluding hydrogens is 384 g/mol. The Morgan fingerprint density at radius 2 is 2.20 bits per heavy atom. The number of methoxy groups -OCH3 is 1. The van der Waals surface area contributed by atoms with Crippen molar-refractivity contribution < 1.29 is 19.0 Å². The number of amides is 1. The SMILES string of the molecule is COCCOc1cc(-c2cn(C)c3cnc(NC(C)=O)cc23)nc(C2CCOC2)c1. The van der Waals surface area contributed by atoms with E-state index in [0.717, 1.165) is 46.6 Å². The Kier molecular flexibility index (Phi) is 5.96. The van der Waals surface area contributed by atoms with Crippen LogP contribution in [-0.2, 0) is 21.3 Å². The zero-order chi connectivity index (χ0) is 21.1. The van der Waals surface area contributed by atoms with Gasteiger partial charge in [0.05, 0.1) is 36.3 Å². The Bertz CT molecular complexity index is 1060. The number of hydrogen-bond donors (Lipinski definition) is 1. The van der Waals surface area contributed by atoms with E-state index in [9.17, 15) is 4.79 Å². The summed E-state index contributed by atoms with van der Waals surface area (Å²) in [5.41, 5.74) is 3.69. The Hall–Kier alpha value is -2.97. The first-order valence-electron chi connectivity index (χ1n) is 9.99. The normalized spacial score (nSPS) is 16.2. The number of aryl methyl sites for hydroxylation is 1. The molecular formula is C22H26N4O4. The van der Waals surface area contributed by atoms with E-state index in [0.29, 0.717) is 25.6 Å².